The number of carbonyl (C=O) groups excluding carboxylic acids is 7. The summed E-state index contributed by atoms with van der Waals surface area (Å²) in [5.74, 6) is -8.28. The van der Waals surface area contributed by atoms with Crippen molar-refractivity contribution < 1.29 is 53.4 Å². The Labute approximate surface area is 329 Å². The van der Waals surface area contributed by atoms with Crippen molar-refractivity contribution in [2.45, 2.75) is 121 Å². The Hall–Kier alpha value is -5.19. The van der Waals surface area contributed by atoms with Crippen molar-refractivity contribution in [1.29, 1.82) is 0 Å². The summed E-state index contributed by atoms with van der Waals surface area (Å²) in [5, 5.41) is 33.2. The number of hydrogen-bond donors (Lipinski definition) is 12. The van der Waals surface area contributed by atoms with Gasteiger partial charge in [-0.1, -0.05) is 13.8 Å². The van der Waals surface area contributed by atoms with Gasteiger partial charge in [0.1, 0.15) is 36.3 Å². The molecule has 7 atom stereocenters. The fourth-order valence-electron chi connectivity index (χ4n) is 4.86. The Morgan fingerprint density at radius 3 is 1.55 bits per heavy atom. The van der Waals surface area contributed by atoms with Gasteiger partial charge in [0.25, 0.3) is 0 Å². The number of nitrogens with one attached hydrogen (secondary N) is 6. The molecule has 16 N–H and O–H groups in total. The van der Waals surface area contributed by atoms with Crippen LogP contribution in [0, 0.1) is 5.92 Å². The number of amides is 7. The summed E-state index contributed by atoms with van der Waals surface area (Å²) in [6, 6.07) is -8.85. The molecule has 0 saturated heterocycles. The number of carboxylic acids is 2. The van der Waals surface area contributed by atoms with Gasteiger partial charge in [0.05, 0.1) is 6.04 Å². The topological polar surface area (TPSA) is 383 Å². The number of nitrogens with two attached hydrogens (primary N) is 4. The molecule has 0 spiro atoms. The zero-order valence-electron chi connectivity index (χ0n) is 32.4. The maximum absolute atomic E-state index is 13.7. The summed E-state index contributed by atoms with van der Waals surface area (Å²) in [5.41, 5.74) is 21.6. The lowest BCUT2D eigenvalue weighted by Gasteiger charge is -2.27. The number of nitrogens with zero attached hydrogens (tertiary/aromatic N) is 1. The number of aliphatic carboxylic acids is 2. The zero-order valence-corrected chi connectivity index (χ0v) is 33.2. The van der Waals surface area contributed by atoms with Gasteiger partial charge in [-0.15, -0.1) is 0 Å². The standard InChI is InChI=1S/C33H59N11O11S/c1-16(2)15-23(44-30(52)21(12-14-56-5)42-28(50)19(40-26(48)17(3)34)7-6-13-38-33(36)37)31(53)39-18(4)27(49)41-20(8-10-24(35)45)29(51)43-22(32(54)55)9-11-25(46)47/h16-23H,6-15,34H2,1-5H3,(H2,35,45)(H,39,53)(H,40,48)(H,41,49)(H,42,50)(H,43,51)(H,44,52)(H,46,47)(H,54,55)(H4,36,37,38)/t17-,18-,19-,20-,21-,22-,23-/m0/s1. The van der Waals surface area contributed by atoms with Crippen molar-refractivity contribution in [3.63, 3.8) is 0 Å². The first-order valence-corrected chi connectivity index (χ1v) is 19.3. The SMILES string of the molecule is CSCC[C@H](NC(=O)[C@H](CCCN=C(N)N)NC(=O)[C@H](C)N)C(=O)N[C@@H](CC(C)C)C(=O)N[C@@H](C)C(=O)N[C@@H](CCC(N)=O)C(=O)N[C@@H](CCC(=O)O)C(=O)O. The quantitative estimate of drug-likeness (QED) is 0.0206. The van der Waals surface area contributed by atoms with Crippen LogP contribution in [0.1, 0.15) is 79.1 Å². The molecule has 22 nitrogen and oxygen atoms in total. The molecule has 0 rings (SSSR count). The normalized spacial score (nSPS) is 14.6. The van der Waals surface area contributed by atoms with E-state index < -0.39 is 108 Å². The second-order valence-electron chi connectivity index (χ2n) is 13.5. The number of guanidine groups is 1. The summed E-state index contributed by atoms with van der Waals surface area (Å²) in [6.07, 6.45) is 0.658. The minimum absolute atomic E-state index is 0.101. The predicted octanol–water partition coefficient (Wildman–Crippen LogP) is -3.67. The summed E-state index contributed by atoms with van der Waals surface area (Å²) in [6.45, 7) is 6.45. The lowest BCUT2D eigenvalue weighted by molar-refractivity contribution is -0.143. The van der Waals surface area contributed by atoms with Crippen LogP contribution in [-0.2, 0) is 43.2 Å². The lowest BCUT2D eigenvalue weighted by atomic mass is 10.0. The summed E-state index contributed by atoms with van der Waals surface area (Å²) >= 11 is 1.40. The van der Waals surface area contributed by atoms with Crippen molar-refractivity contribution in [2.75, 3.05) is 18.6 Å². The van der Waals surface area contributed by atoms with Gasteiger partial charge < -0.3 is 65.0 Å². The Morgan fingerprint density at radius 2 is 1.07 bits per heavy atom. The molecule has 0 bridgehead atoms. The van der Waals surface area contributed by atoms with E-state index in [1.54, 1.807) is 20.1 Å². The van der Waals surface area contributed by atoms with Gasteiger partial charge in [-0.2, -0.15) is 11.8 Å². The molecular formula is C33H59N11O11S. The molecule has 0 saturated carbocycles. The molecule has 0 aromatic heterocycles. The third kappa shape index (κ3) is 21.6. The number of thioether (sulfide) groups is 1. The molecule has 7 amide bonds. The van der Waals surface area contributed by atoms with Crippen LogP contribution < -0.4 is 54.8 Å². The van der Waals surface area contributed by atoms with Crippen molar-refractivity contribution in [3.8, 4) is 0 Å². The van der Waals surface area contributed by atoms with E-state index in [-0.39, 0.29) is 50.5 Å². The number of hydrogen-bond acceptors (Lipinski definition) is 12. The highest BCUT2D eigenvalue weighted by molar-refractivity contribution is 7.98. The maximum Gasteiger partial charge on any atom is 0.326 e. The van der Waals surface area contributed by atoms with Crippen LogP contribution >= 0.6 is 11.8 Å². The van der Waals surface area contributed by atoms with Gasteiger partial charge in [0.2, 0.25) is 41.4 Å². The van der Waals surface area contributed by atoms with E-state index >= 15 is 0 Å². The van der Waals surface area contributed by atoms with E-state index in [9.17, 15) is 48.3 Å². The Balaban J connectivity index is 6.04. The van der Waals surface area contributed by atoms with Gasteiger partial charge >= 0.3 is 11.9 Å². The van der Waals surface area contributed by atoms with E-state index in [2.05, 4.69) is 36.9 Å². The van der Waals surface area contributed by atoms with Crippen molar-refractivity contribution >= 4 is 71.0 Å². The Morgan fingerprint density at radius 1 is 0.607 bits per heavy atom. The van der Waals surface area contributed by atoms with Gasteiger partial charge in [-0.3, -0.25) is 43.3 Å². The molecule has 56 heavy (non-hydrogen) atoms. The van der Waals surface area contributed by atoms with Gasteiger partial charge in [0.15, 0.2) is 5.96 Å². The van der Waals surface area contributed by atoms with E-state index in [1.165, 1.54) is 25.6 Å². The molecule has 0 heterocycles. The second kappa shape index (κ2) is 26.6. The summed E-state index contributed by atoms with van der Waals surface area (Å²) in [7, 11) is 0. The average molecular weight is 818 g/mol. The fourth-order valence-corrected chi connectivity index (χ4v) is 5.33. The number of carbonyl (C=O) groups is 9. The molecule has 0 fully saturated rings. The fraction of sp³-hybridized carbons (Fsp3) is 0.697. The highest BCUT2D eigenvalue weighted by Gasteiger charge is 2.33. The van der Waals surface area contributed by atoms with Crippen molar-refractivity contribution in [2.24, 2.45) is 33.8 Å². The molecule has 23 heteroatoms. The van der Waals surface area contributed by atoms with Crippen LogP contribution in [0.2, 0.25) is 0 Å². The minimum Gasteiger partial charge on any atom is -0.481 e. The highest BCUT2D eigenvalue weighted by Crippen LogP contribution is 2.10. The van der Waals surface area contributed by atoms with Crippen LogP contribution in [0.4, 0.5) is 0 Å². The second-order valence-corrected chi connectivity index (χ2v) is 14.4. The number of rotatable bonds is 28. The first kappa shape index (κ1) is 50.8. The van der Waals surface area contributed by atoms with E-state index in [4.69, 9.17) is 28.0 Å². The van der Waals surface area contributed by atoms with Gasteiger partial charge in [-0.25, -0.2) is 4.79 Å². The van der Waals surface area contributed by atoms with Crippen molar-refractivity contribution in [1.82, 2.24) is 31.9 Å². The Bertz CT molecular complexity index is 1410. The largest absolute Gasteiger partial charge is 0.481 e. The van der Waals surface area contributed by atoms with Crippen LogP contribution in [-0.4, -0.2) is 130 Å². The molecule has 0 radical (unpaired) electrons. The molecule has 0 aliphatic rings. The number of primary amides is 1. The highest BCUT2D eigenvalue weighted by atomic mass is 32.2. The first-order valence-electron chi connectivity index (χ1n) is 17.9. The molecule has 0 unspecified atom stereocenters. The molecule has 0 aromatic carbocycles. The first-order chi connectivity index (χ1) is 26.1. The number of carboxylic acid groups (broad SMARTS) is 2. The molecule has 0 aliphatic carbocycles. The van der Waals surface area contributed by atoms with Crippen LogP contribution in [0.5, 0.6) is 0 Å². The minimum atomic E-state index is -1.62. The summed E-state index contributed by atoms with van der Waals surface area (Å²) < 4.78 is 0. The van der Waals surface area contributed by atoms with Crippen LogP contribution in [0.25, 0.3) is 0 Å². The average Bonchev–Trinajstić information content (AvgIpc) is 3.09. The third-order valence-corrected chi connectivity index (χ3v) is 8.55. The summed E-state index contributed by atoms with van der Waals surface area (Å²) in [4.78, 5) is 117. The third-order valence-electron chi connectivity index (χ3n) is 7.90. The molecule has 318 valence electrons. The zero-order chi connectivity index (χ0) is 43.1. The monoisotopic (exact) mass is 817 g/mol. The molecular weight excluding hydrogens is 758 g/mol. The van der Waals surface area contributed by atoms with Crippen molar-refractivity contribution in [3.05, 3.63) is 0 Å². The molecule has 0 aliphatic heterocycles. The number of aliphatic imine (C=N–C) groups is 1. The van der Waals surface area contributed by atoms with E-state index in [0.29, 0.717) is 12.2 Å². The van der Waals surface area contributed by atoms with E-state index in [1.807, 2.05) is 0 Å². The predicted molar refractivity (Wildman–Crippen MR) is 206 cm³/mol. The smallest absolute Gasteiger partial charge is 0.326 e. The Kier molecular flexibility index (Phi) is 24.1. The van der Waals surface area contributed by atoms with E-state index in [0.717, 1.165) is 0 Å². The van der Waals surface area contributed by atoms with Crippen LogP contribution in [0.3, 0.4) is 0 Å². The van der Waals surface area contributed by atoms with Crippen LogP contribution in [0.15, 0.2) is 4.99 Å². The van der Waals surface area contributed by atoms with Gasteiger partial charge in [0, 0.05) is 19.4 Å². The molecule has 0 aromatic rings. The maximum atomic E-state index is 13.7. The van der Waals surface area contributed by atoms with Gasteiger partial charge in [-0.05, 0) is 70.3 Å². The lowest BCUT2D eigenvalue weighted by Crippen LogP contribution is -2.59.